The minimum Gasteiger partial charge on any atom is -0.496 e. The van der Waals surface area contributed by atoms with Crippen molar-refractivity contribution in [2.45, 2.75) is 11.7 Å². The van der Waals surface area contributed by atoms with Crippen LogP contribution in [-0.4, -0.2) is 32.3 Å². The van der Waals surface area contributed by atoms with Gasteiger partial charge >= 0.3 is 6.03 Å². The molecule has 0 saturated heterocycles. The van der Waals surface area contributed by atoms with Gasteiger partial charge in [-0.15, -0.1) is 11.8 Å². The van der Waals surface area contributed by atoms with E-state index in [1.807, 2.05) is 79.7 Å². The summed E-state index contributed by atoms with van der Waals surface area (Å²) in [6, 6.07) is 23.6. The van der Waals surface area contributed by atoms with Gasteiger partial charge in [-0.05, 0) is 41.5 Å². The first-order chi connectivity index (χ1) is 15.1. The summed E-state index contributed by atoms with van der Waals surface area (Å²) in [5.74, 6) is 1.43. The highest BCUT2D eigenvalue weighted by atomic mass is 32.2. The lowest BCUT2D eigenvalue weighted by atomic mass is 9.88. The molecule has 31 heavy (non-hydrogen) atoms. The van der Waals surface area contributed by atoms with Crippen molar-refractivity contribution in [3.8, 4) is 5.75 Å². The Kier molecular flexibility index (Phi) is 6.28. The third-order valence-corrected chi connectivity index (χ3v) is 6.36. The normalized spacial score (nSPS) is 16.5. The van der Waals surface area contributed by atoms with Gasteiger partial charge in [0.15, 0.2) is 0 Å². The minimum absolute atomic E-state index is 0.145. The van der Waals surface area contributed by atoms with Gasteiger partial charge in [0.05, 0.1) is 18.1 Å². The second kappa shape index (κ2) is 9.27. The zero-order valence-electron chi connectivity index (χ0n) is 17.8. The number of benzene rings is 3. The standard InChI is InChI=1S/C25H25N3O2S/c1-28(2)19-14-12-18(13-15-19)26-25(29)27-24-23(21-10-6-7-11-22(21)30-3)20-9-5-4-8-17(20)16-31-24/h4-15,23H,16H2,1-3H3,(H,26,29). The van der Waals surface area contributed by atoms with Crippen LogP contribution in [0, 0.1) is 0 Å². The average Bonchev–Trinajstić information content (AvgIpc) is 2.79. The number of anilines is 2. The number of nitrogens with one attached hydrogen (secondary N) is 1. The highest BCUT2D eigenvalue weighted by Gasteiger charge is 2.30. The van der Waals surface area contributed by atoms with Crippen molar-refractivity contribution in [2.75, 3.05) is 31.4 Å². The molecule has 1 aliphatic rings. The van der Waals surface area contributed by atoms with Crippen LogP contribution in [0.3, 0.4) is 0 Å². The number of ether oxygens (including phenoxy) is 1. The Hall–Kier alpha value is -3.25. The number of para-hydroxylation sites is 1. The van der Waals surface area contributed by atoms with Crippen molar-refractivity contribution < 1.29 is 9.53 Å². The molecule has 1 N–H and O–H groups in total. The number of fused-ring (bicyclic) bond motifs is 1. The van der Waals surface area contributed by atoms with Gasteiger partial charge in [0.1, 0.15) is 5.75 Å². The lowest BCUT2D eigenvalue weighted by Crippen LogP contribution is -2.21. The molecule has 2 amide bonds. The molecule has 1 unspecified atom stereocenters. The van der Waals surface area contributed by atoms with Gasteiger partial charge in [0.2, 0.25) is 0 Å². The zero-order chi connectivity index (χ0) is 21.8. The molecule has 0 aliphatic carbocycles. The Bertz CT molecular complexity index is 1110. The highest BCUT2D eigenvalue weighted by Crippen LogP contribution is 2.42. The summed E-state index contributed by atoms with van der Waals surface area (Å²) in [7, 11) is 5.63. The van der Waals surface area contributed by atoms with Crippen LogP contribution in [0.5, 0.6) is 5.75 Å². The van der Waals surface area contributed by atoms with Crippen LogP contribution in [0.4, 0.5) is 16.2 Å². The lowest BCUT2D eigenvalue weighted by molar-refractivity contribution is 0.259. The molecule has 0 saturated carbocycles. The molecule has 3 aromatic carbocycles. The number of hydrogen-bond donors (Lipinski definition) is 1. The van der Waals surface area contributed by atoms with Crippen molar-refractivity contribution in [1.82, 2.24) is 0 Å². The van der Waals surface area contributed by atoms with Crippen LogP contribution in [0.2, 0.25) is 0 Å². The molecular weight excluding hydrogens is 406 g/mol. The predicted molar refractivity (Wildman–Crippen MR) is 130 cm³/mol. The first-order valence-electron chi connectivity index (χ1n) is 10.1. The zero-order valence-corrected chi connectivity index (χ0v) is 18.6. The van der Waals surface area contributed by atoms with Crippen molar-refractivity contribution in [2.24, 2.45) is 4.99 Å². The number of urea groups is 1. The van der Waals surface area contributed by atoms with E-state index < -0.39 is 0 Å². The molecule has 4 rings (SSSR count). The molecule has 5 nitrogen and oxygen atoms in total. The second-order valence-corrected chi connectivity index (χ2v) is 8.48. The van der Waals surface area contributed by atoms with E-state index in [2.05, 4.69) is 22.4 Å². The summed E-state index contributed by atoms with van der Waals surface area (Å²) in [6.45, 7) is 0. The second-order valence-electron chi connectivity index (χ2n) is 7.48. The number of hydrogen-bond acceptors (Lipinski definition) is 4. The smallest absolute Gasteiger partial charge is 0.346 e. The summed E-state index contributed by atoms with van der Waals surface area (Å²) in [5, 5.41) is 3.66. The predicted octanol–water partition coefficient (Wildman–Crippen LogP) is 5.77. The van der Waals surface area contributed by atoms with Gasteiger partial charge in [-0.25, -0.2) is 4.79 Å². The van der Waals surface area contributed by atoms with E-state index in [-0.39, 0.29) is 11.9 Å². The monoisotopic (exact) mass is 431 g/mol. The van der Waals surface area contributed by atoms with Crippen molar-refractivity contribution in [1.29, 1.82) is 0 Å². The Morgan fingerprint density at radius 2 is 1.68 bits per heavy atom. The highest BCUT2D eigenvalue weighted by molar-refractivity contribution is 8.13. The van der Waals surface area contributed by atoms with Crippen LogP contribution < -0.4 is 15.0 Å². The van der Waals surface area contributed by atoms with Gasteiger partial charge in [-0.3, -0.25) is 0 Å². The maximum atomic E-state index is 12.8. The van der Waals surface area contributed by atoms with Gasteiger partial charge in [-0.2, -0.15) is 4.99 Å². The Morgan fingerprint density at radius 1 is 1.00 bits per heavy atom. The maximum Gasteiger partial charge on any atom is 0.346 e. The number of methoxy groups -OCH3 is 1. The third kappa shape index (κ3) is 4.59. The molecule has 1 atom stereocenters. The fraction of sp³-hybridized carbons (Fsp3) is 0.200. The van der Waals surface area contributed by atoms with Crippen molar-refractivity contribution in [3.63, 3.8) is 0 Å². The summed E-state index contributed by atoms with van der Waals surface area (Å²) in [4.78, 5) is 19.3. The summed E-state index contributed by atoms with van der Waals surface area (Å²) in [6.07, 6.45) is 0. The molecule has 0 fully saturated rings. The average molecular weight is 432 g/mol. The topological polar surface area (TPSA) is 53.9 Å². The first kappa shape index (κ1) is 21.0. The van der Waals surface area contributed by atoms with Crippen LogP contribution >= 0.6 is 11.8 Å². The minimum atomic E-state index is -0.376. The summed E-state index contributed by atoms with van der Waals surface area (Å²) in [5.41, 5.74) is 5.20. The summed E-state index contributed by atoms with van der Waals surface area (Å²) < 4.78 is 5.62. The van der Waals surface area contributed by atoms with Crippen LogP contribution in [0.15, 0.2) is 77.8 Å². The summed E-state index contributed by atoms with van der Waals surface area (Å²) >= 11 is 1.60. The number of thioether (sulfide) groups is 1. The van der Waals surface area contributed by atoms with Crippen LogP contribution in [-0.2, 0) is 5.75 Å². The fourth-order valence-corrected chi connectivity index (χ4v) is 4.85. The number of carbonyl (C=O) groups is 1. The van der Waals surface area contributed by atoms with Gasteiger partial charge in [0, 0.05) is 36.8 Å². The molecule has 0 bridgehead atoms. The lowest BCUT2D eigenvalue weighted by Gasteiger charge is -2.28. The van der Waals surface area contributed by atoms with Gasteiger partial charge < -0.3 is 15.0 Å². The fourth-order valence-electron chi connectivity index (χ4n) is 3.71. The van der Waals surface area contributed by atoms with Gasteiger partial charge in [-0.1, -0.05) is 42.5 Å². The molecular formula is C25H25N3O2S. The largest absolute Gasteiger partial charge is 0.496 e. The molecule has 3 aromatic rings. The number of rotatable bonds is 4. The van der Waals surface area contributed by atoms with E-state index in [4.69, 9.17) is 4.74 Å². The van der Waals surface area contributed by atoms with E-state index in [9.17, 15) is 4.79 Å². The number of nitrogens with zero attached hydrogens (tertiary/aromatic N) is 2. The Labute approximate surface area is 187 Å². The molecule has 0 spiro atoms. The van der Waals surface area contributed by atoms with E-state index in [1.54, 1.807) is 18.9 Å². The number of amides is 2. The number of aliphatic imine (C=N–C) groups is 1. The molecule has 1 aliphatic heterocycles. The number of carbonyl (C=O) groups excluding carboxylic acids is 1. The van der Waals surface area contributed by atoms with E-state index in [1.165, 1.54) is 5.56 Å². The van der Waals surface area contributed by atoms with E-state index >= 15 is 0 Å². The molecule has 6 heteroatoms. The van der Waals surface area contributed by atoms with Crippen molar-refractivity contribution >= 4 is 34.2 Å². The third-order valence-electron chi connectivity index (χ3n) is 5.29. The maximum absolute atomic E-state index is 12.8. The van der Waals surface area contributed by atoms with Gasteiger partial charge in [0.25, 0.3) is 0 Å². The molecule has 158 valence electrons. The molecule has 0 aromatic heterocycles. The Morgan fingerprint density at radius 3 is 2.39 bits per heavy atom. The molecule has 1 heterocycles. The van der Waals surface area contributed by atoms with Crippen LogP contribution in [0.1, 0.15) is 22.6 Å². The molecule has 0 radical (unpaired) electrons. The quantitative estimate of drug-likeness (QED) is 0.570. The van der Waals surface area contributed by atoms with Crippen molar-refractivity contribution in [3.05, 3.63) is 89.5 Å². The van der Waals surface area contributed by atoms with E-state index in [0.717, 1.165) is 39.0 Å². The SMILES string of the molecule is COc1ccccc1C1C(=NC(=O)Nc2ccc(N(C)C)cc2)SCc2ccccc21. The van der Waals surface area contributed by atoms with Crippen LogP contribution in [0.25, 0.3) is 0 Å². The Balaban J connectivity index is 1.67. The first-order valence-corrected chi connectivity index (χ1v) is 11.1. The van der Waals surface area contributed by atoms with E-state index in [0.29, 0.717) is 0 Å².